The topological polar surface area (TPSA) is 25.1 Å². The zero-order chi connectivity index (χ0) is 15.5. The molecule has 3 heteroatoms. The van der Waals surface area contributed by atoms with Crippen LogP contribution < -0.4 is 4.74 Å². The molecule has 2 atom stereocenters. The molecule has 0 radical (unpaired) electrons. The molecule has 0 spiro atoms. The van der Waals surface area contributed by atoms with Crippen LogP contribution in [0.3, 0.4) is 0 Å². The van der Waals surface area contributed by atoms with Gasteiger partial charge in [-0.2, -0.15) is 0 Å². The van der Waals surface area contributed by atoms with Gasteiger partial charge in [-0.25, -0.2) is 0 Å². The highest BCUT2D eigenvalue weighted by Gasteiger charge is 2.42. The Morgan fingerprint density at radius 1 is 1.00 bits per heavy atom. The van der Waals surface area contributed by atoms with Crippen LogP contribution in [0, 0.1) is 0 Å². The van der Waals surface area contributed by atoms with E-state index in [2.05, 4.69) is 46.3 Å². The molecule has 2 unspecified atom stereocenters. The van der Waals surface area contributed by atoms with Crippen LogP contribution >= 0.6 is 0 Å². The third-order valence-electron chi connectivity index (χ3n) is 4.80. The third-order valence-corrected chi connectivity index (χ3v) is 4.80. The predicted molar refractivity (Wildman–Crippen MR) is 93.2 cm³/mol. The van der Waals surface area contributed by atoms with E-state index in [0.717, 1.165) is 24.0 Å². The summed E-state index contributed by atoms with van der Waals surface area (Å²) in [6, 6.07) is 13.8. The summed E-state index contributed by atoms with van der Waals surface area (Å²) in [6.45, 7) is 2.04. The van der Waals surface area contributed by atoms with Crippen LogP contribution in [-0.4, -0.2) is 35.1 Å². The van der Waals surface area contributed by atoms with Gasteiger partial charge < -0.3 is 4.74 Å². The van der Waals surface area contributed by atoms with Crippen molar-refractivity contribution in [1.29, 1.82) is 0 Å². The van der Waals surface area contributed by atoms with Gasteiger partial charge in [0, 0.05) is 25.0 Å². The van der Waals surface area contributed by atoms with E-state index in [1.807, 2.05) is 12.1 Å². The SMILES string of the molecule is C(=C\c1ccc(OCC2CN2C2CCC2)cc1)/c1ccncc1. The minimum Gasteiger partial charge on any atom is -0.492 e. The Morgan fingerprint density at radius 3 is 2.35 bits per heavy atom. The molecule has 0 N–H and O–H groups in total. The summed E-state index contributed by atoms with van der Waals surface area (Å²) in [5.74, 6) is 0.964. The number of aromatic nitrogens is 1. The van der Waals surface area contributed by atoms with Gasteiger partial charge in [-0.3, -0.25) is 9.88 Å². The first-order valence-corrected chi connectivity index (χ1v) is 8.45. The Labute approximate surface area is 137 Å². The lowest BCUT2D eigenvalue weighted by molar-refractivity contribution is 0.215. The van der Waals surface area contributed by atoms with Crippen LogP contribution in [0.15, 0.2) is 48.8 Å². The molecule has 0 amide bonds. The minimum absolute atomic E-state index is 0.645. The second kappa shape index (κ2) is 6.55. The van der Waals surface area contributed by atoms with E-state index in [-0.39, 0.29) is 0 Å². The number of hydrogen-bond acceptors (Lipinski definition) is 3. The highest BCUT2D eigenvalue weighted by Crippen LogP contribution is 2.33. The number of benzene rings is 1. The van der Waals surface area contributed by atoms with Gasteiger partial charge in [-0.05, 0) is 48.2 Å². The molecule has 1 aromatic heterocycles. The molecule has 4 rings (SSSR count). The Morgan fingerprint density at radius 2 is 1.70 bits per heavy atom. The maximum Gasteiger partial charge on any atom is 0.119 e. The van der Waals surface area contributed by atoms with Crippen molar-refractivity contribution in [2.24, 2.45) is 0 Å². The van der Waals surface area contributed by atoms with Crippen molar-refractivity contribution in [3.05, 3.63) is 59.9 Å². The minimum atomic E-state index is 0.645. The Kier molecular flexibility index (Phi) is 4.12. The number of rotatable bonds is 6. The lowest BCUT2D eigenvalue weighted by atomic mass is 9.93. The zero-order valence-corrected chi connectivity index (χ0v) is 13.3. The van der Waals surface area contributed by atoms with E-state index < -0.39 is 0 Å². The van der Waals surface area contributed by atoms with Crippen LogP contribution in [0.4, 0.5) is 0 Å². The summed E-state index contributed by atoms with van der Waals surface area (Å²) >= 11 is 0. The van der Waals surface area contributed by atoms with Crippen LogP contribution in [-0.2, 0) is 0 Å². The molecule has 2 heterocycles. The molecule has 1 aliphatic heterocycles. The fraction of sp³-hybridized carbons (Fsp3) is 0.350. The van der Waals surface area contributed by atoms with E-state index in [9.17, 15) is 0 Å². The smallest absolute Gasteiger partial charge is 0.119 e. The van der Waals surface area contributed by atoms with Crippen molar-refractivity contribution in [2.45, 2.75) is 31.3 Å². The molecule has 1 aliphatic carbocycles. The first-order chi connectivity index (χ1) is 11.4. The molecule has 118 valence electrons. The highest BCUT2D eigenvalue weighted by molar-refractivity contribution is 5.69. The zero-order valence-electron chi connectivity index (χ0n) is 13.3. The lowest BCUT2D eigenvalue weighted by Crippen LogP contribution is -2.29. The van der Waals surface area contributed by atoms with Crippen molar-refractivity contribution in [2.75, 3.05) is 13.2 Å². The first kappa shape index (κ1) is 14.5. The second-order valence-electron chi connectivity index (χ2n) is 6.43. The summed E-state index contributed by atoms with van der Waals surface area (Å²) in [4.78, 5) is 6.60. The van der Waals surface area contributed by atoms with Gasteiger partial charge in [-0.15, -0.1) is 0 Å². The van der Waals surface area contributed by atoms with E-state index in [0.29, 0.717) is 6.04 Å². The summed E-state index contributed by atoms with van der Waals surface area (Å²) in [6.07, 6.45) is 12.0. The van der Waals surface area contributed by atoms with E-state index in [1.165, 1.54) is 31.4 Å². The molecule has 1 aromatic carbocycles. The maximum absolute atomic E-state index is 5.92. The number of ether oxygens (including phenoxy) is 1. The maximum atomic E-state index is 5.92. The van der Waals surface area contributed by atoms with Gasteiger partial charge in [0.15, 0.2) is 0 Å². The molecule has 23 heavy (non-hydrogen) atoms. The molecule has 2 fully saturated rings. The van der Waals surface area contributed by atoms with Crippen molar-refractivity contribution in [3.8, 4) is 5.75 Å². The van der Waals surface area contributed by atoms with Gasteiger partial charge in [0.1, 0.15) is 12.4 Å². The normalized spacial score (nSPS) is 23.7. The first-order valence-electron chi connectivity index (χ1n) is 8.45. The van der Waals surface area contributed by atoms with Crippen molar-refractivity contribution >= 4 is 12.2 Å². The van der Waals surface area contributed by atoms with E-state index in [1.54, 1.807) is 12.4 Å². The lowest BCUT2D eigenvalue weighted by Gasteiger charge is -2.27. The van der Waals surface area contributed by atoms with Crippen LogP contribution in [0.5, 0.6) is 5.75 Å². The summed E-state index contributed by atoms with van der Waals surface area (Å²) < 4.78 is 5.92. The van der Waals surface area contributed by atoms with Crippen LogP contribution in [0.2, 0.25) is 0 Å². The van der Waals surface area contributed by atoms with Crippen LogP contribution in [0.1, 0.15) is 30.4 Å². The monoisotopic (exact) mass is 306 g/mol. The Balaban J connectivity index is 1.27. The van der Waals surface area contributed by atoms with Gasteiger partial charge >= 0.3 is 0 Å². The molecule has 1 saturated carbocycles. The van der Waals surface area contributed by atoms with E-state index >= 15 is 0 Å². The standard InChI is InChI=1S/C20H22N2O/c1-2-18(3-1)22-14-19(22)15-23-20-8-6-16(7-9-20)4-5-17-10-12-21-13-11-17/h4-13,18-19H,1-3,14-15H2/b5-4+. The summed E-state index contributed by atoms with van der Waals surface area (Å²) in [5, 5.41) is 0. The highest BCUT2D eigenvalue weighted by atomic mass is 16.5. The van der Waals surface area contributed by atoms with Crippen LogP contribution in [0.25, 0.3) is 12.2 Å². The third kappa shape index (κ3) is 3.62. The number of pyridine rings is 1. The fourth-order valence-electron chi connectivity index (χ4n) is 3.04. The second-order valence-corrected chi connectivity index (χ2v) is 6.43. The number of nitrogens with zero attached hydrogens (tertiary/aromatic N) is 2. The molecule has 0 bridgehead atoms. The van der Waals surface area contributed by atoms with Gasteiger partial charge in [0.2, 0.25) is 0 Å². The van der Waals surface area contributed by atoms with Gasteiger partial charge in [-0.1, -0.05) is 30.7 Å². The number of hydrogen-bond donors (Lipinski definition) is 0. The average molecular weight is 306 g/mol. The average Bonchev–Trinajstić information content (AvgIpc) is 3.30. The molecule has 3 nitrogen and oxygen atoms in total. The van der Waals surface area contributed by atoms with Crippen molar-refractivity contribution in [3.63, 3.8) is 0 Å². The quantitative estimate of drug-likeness (QED) is 0.758. The van der Waals surface area contributed by atoms with Gasteiger partial charge in [0.25, 0.3) is 0 Å². The molecule has 2 aromatic rings. The Hall–Kier alpha value is -2.13. The van der Waals surface area contributed by atoms with Gasteiger partial charge in [0.05, 0.1) is 6.04 Å². The van der Waals surface area contributed by atoms with E-state index in [4.69, 9.17) is 4.74 Å². The largest absolute Gasteiger partial charge is 0.492 e. The fourth-order valence-corrected chi connectivity index (χ4v) is 3.04. The predicted octanol–water partition coefficient (Wildman–Crippen LogP) is 3.87. The molecule has 1 saturated heterocycles. The summed E-state index contributed by atoms with van der Waals surface area (Å²) in [5.41, 5.74) is 2.34. The summed E-state index contributed by atoms with van der Waals surface area (Å²) in [7, 11) is 0. The van der Waals surface area contributed by atoms with Crippen molar-refractivity contribution < 1.29 is 4.74 Å². The molecular formula is C20H22N2O. The molecular weight excluding hydrogens is 284 g/mol. The van der Waals surface area contributed by atoms with Crippen molar-refractivity contribution in [1.82, 2.24) is 9.88 Å². The Bertz CT molecular complexity index is 662. The molecule has 2 aliphatic rings.